The quantitative estimate of drug-likeness (QED) is 0.456. The molecule has 6 nitrogen and oxygen atoms in total. The van der Waals surface area contributed by atoms with Crippen LogP contribution in [0.1, 0.15) is 26.2 Å². The molecule has 1 atom stereocenters. The topological polar surface area (TPSA) is 71.7 Å². The van der Waals surface area contributed by atoms with E-state index in [1.54, 1.807) is 17.8 Å². The molecule has 11 heteroatoms. The van der Waals surface area contributed by atoms with Crippen LogP contribution in [0.4, 0.5) is 0 Å². The van der Waals surface area contributed by atoms with Gasteiger partial charge in [-0.05, 0) is 56.4 Å². The van der Waals surface area contributed by atoms with Crippen molar-refractivity contribution in [3.63, 3.8) is 0 Å². The molecule has 0 saturated carbocycles. The number of halogens is 1. The number of carbonyl (C=O) groups excluding carboxylic acids is 1. The fourth-order valence-electron chi connectivity index (χ4n) is 3.73. The number of nitrogens with zero attached hydrogens (tertiary/aromatic N) is 3. The Kier molecular flexibility index (Phi) is 6.95. The lowest BCUT2D eigenvalue weighted by atomic mass is 10.0. The minimum atomic E-state index is -3.80. The van der Waals surface area contributed by atoms with E-state index in [4.69, 9.17) is 11.6 Å². The normalized spacial score (nSPS) is 18.7. The molecule has 3 heterocycles. The number of sulfonamides is 1. The Morgan fingerprint density at radius 2 is 2.06 bits per heavy atom. The molecule has 1 aromatic carbocycles. The summed E-state index contributed by atoms with van der Waals surface area (Å²) in [6.07, 6.45) is 4.00. The van der Waals surface area contributed by atoms with E-state index in [1.807, 2.05) is 23.8 Å². The van der Waals surface area contributed by atoms with Crippen LogP contribution in [0.15, 0.2) is 44.4 Å². The number of thiophene rings is 1. The summed E-state index contributed by atoms with van der Waals surface area (Å²) in [5.41, 5.74) is 1.03. The largest absolute Gasteiger partial charge is 0.317 e. The van der Waals surface area contributed by atoms with Crippen molar-refractivity contribution in [3.8, 4) is 0 Å². The third-order valence-corrected chi connectivity index (χ3v) is 10.6. The number of fused-ring (bicyclic) bond motifs is 1. The standard InChI is InChI=1S/C20H22ClN3O3S4/c1-3-23-14-8-7-13(28-2)12-16(14)29-20(23)22-19(25)15-6-4-5-11-24(15)31(26,27)18-10-9-17(21)30-18/h7-10,12,15H,3-6,11H2,1-2H3. The van der Waals surface area contributed by atoms with Gasteiger partial charge < -0.3 is 4.57 Å². The maximum atomic E-state index is 13.2. The summed E-state index contributed by atoms with van der Waals surface area (Å²) < 4.78 is 31.3. The zero-order valence-electron chi connectivity index (χ0n) is 17.1. The molecule has 0 bridgehead atoms. The highest BCUT2D eigenvalue weighted by Gasteiger charge is 2.38. The summed E-state index contributed by atoms with van der Waals surface area (Å²) in [7, 11) is -3.80. The smallest absolute Gasteiger partial charge is 0.266 e. The van der Waals surface area contributed by atoms with Crippen molar-refractivity contribution in [1.29, 1.82) is 0 Å². The van der Waals surface area contributed by atoms with Gasteiger partial charge in [-0.25, -0.2) is 8.42 Å². The molecule has 3 aromatic rings. The summed E-state index contributed by atoms with van der Waals surface area (Å²) in [6.45, 7) is 2.99. The summed E-state index contributed by atoms with van der Waals surface area (Å²) >= 11 is 10.1. The van der Waals surface area contributed by atoms with E-state index >= 15 is 0 Å². The molecule has 1 saturated heterocycles. The summed E-state index contributed by atoms with van der Waals surface area (Å²) in [6, 6.07) is 8.46. The number of benzene rings is 1. The predicted octanol–water partition coefficient (Wildman–Crippen LogP) is 4.83. The maximum Gasteiger partial charge on any atom is 0.266 e. The van der Waals surface area contributed by atoms with Crippen LogP contribution in [0.25, 0.3) is 10.2 Å². The van der Waals surface area contributed by atoms with Crippen molar-refractivity contribution < 1.29 is 13.2 Å². The average Bonchev–Trinajstić information content (AvgIpc) is 3.36. The van der Waals surface area contributed by atoms with Crippen LogP contribution in [0.5, 0.6) is 0 Å². The summed E-state index contributed by atoms with van der Waals surface area (Å²) in [5, 5.41) is 0. The average molecular weight is 516 g/mol. The highest BCUT2D eigenvalue weighted by molar-refractivity contribution is 7.98. The number of hydrogen-bond donors (Lipinski definition) is 0. The van der Waals surface area contributed by atoms with Crippen molar-refractivity contribution in [1.82, 2.24) is 8.87 Å². The molecule has 1 aliphatic heterocycles. The molecule has 166 valence electrons. The van der Waals surface area contributed by atoms with E-state index < -0.39 is 22.0 Å². The highest BCUT2D eigenvalue weighted by Crippen LogP contribution is 2.32. The molecular formula is C20H22ClN3O3S4. The number of thiazole rings is 1. The van der Waals surface area contributed by atoms with E-state index in [-0.39, 0.29) is 4.21 Å². The molecule has 0 spiro atoms. The second kappa shape index (κ2) is 9.36. The number of aryl methyl sites for hydroxylation is 1. The monoisotopic (exact) mass is 515 g/mol. The van der Waals surface area contributed by atoms with E-state index in [2.05, 4.69) is 17.1 Å². The van der Waals surface area contributed by atoms with Gasteiger partial charge in [0.1, 0.15) is 10.3 Å². The van der Waals surface area contributed by atoms with Gasteiger partial charge >= 0.3 is 0 Å². The Bertz CT molecular complexity index is 1290. The summed E-state index contributed by atoms with van der Waals surface area (Å²) in [5.74, 6) is -0.412. The minimum absolute atomic E-state index is 0.160. The number of piperidine rings is 1. The second-order valence-corrected chi connectivity index (χ2v) is 12.8. The van der Waals surface area contributed by atoms with Gasteiger partial charge in [-0.1, -0.05) is 29.4 Å². The molecule has 2 aromatic heterocycles. The zero-order chi connectivity index (χ0) is 22.2. The third kappa shape index (κ3) is 4.51. The van der Waals surface area contributed by atoms with E-state index in [9.17, 15) is 13.2 Å². The van der Waals surface area contributed by atoms with Crippen molar-refractivity contribution in [3.05, 3.63) is 39.5 Å². The summed E-state index contributed by atoms with van der Waals surface area (Å²) in [4.78, 5) is 19.4. The molecule has 1 aliphatic rings. The fraction of sp³-hybridized carbons (Fsp3) is 0.400. The van der Waals surface area contributed by atoms with Crippen LogP contribution in [0.2, 0.25) is 4.34 Å². The minimum Gasteiger partial charge on any atom is -0.317 e. The lowest BCUT2D eigenvalue weighted by Gasteiger charge is -2.31. The van der Waals surface area contributed by atoms with E-state index in [1.165, 1.54) is 21.7 Å². The SMILES string of the molecule is CCn1c(=NC(=O)C2CCCCN2S(=O)(=O)c2ccc(Cl)s2)sc2cc(SC)ccc21. The van der Waals surface area contributed by atoms with Crippen LogP contribution >= 0.6 is 46.0 Å². The molecule has 4 rings (SSSR count). The van der Waals surface area contributed by atoms with Gasteiger partial charge in [0.25, 0.3) is 15.9 Å². The van der Waals surface area contributed by atoms with Crippen LogP contribution in [0, 0.1) is 0 Å². The Morgan fingerprint density at radius 1 is 1.26 bits per heavy atom. The Balaban J connectivity index is 1.73. The maximum absolute atomic E-state index is 13.2. The number of aromatic nitrogens is 1. The number of rotatable bonds is 5. The third-order valence-electron chi connectivity index (χ3n) is 5.26. The van der Waals surface area contributed by atoms with Gasteiger partial charge in [0, 0.05) is 18.0 Å². The zero-order valence-corrected chi connectivity index (χ0v) is 21.1. The molecule has 0 radical (unpaired) electrons. The Hall–Kier alpha value is -1.17. The van der Waals surface area contributed by atoms with Gasteiger partial charge in [-0.15, -0.1) is 23.1 Å². The first-order chi connectivity index (χ1) is 14.8. The van der Waals surface area contributed by atoms with Crippen LogP contribution in [-0.4, -0.2) is 42.0 Å². The molecule has 1 fully saturated rings. The highest BCUT2D eigenvalue weighted by atomic mass is 35.5. The van der Waals surface area contributed by atoms with Gasteiger partial charge in [0.15, 0.2) is 4.80 Å². The number of thioether (sulfide) groups is 1. The van der Waals surface area contributed by atoms with E-state index in [0.717, 1.165) is 39.3 Å². The Labute approximate surface area is 198 Å². The van der Waals surface area contributed by atoms with Gasteiger partial charge in [0.05, 0.1) is 14.6 Å². The van der Waals surface area contributed by atoms with E-state index in [0.29, 0.717) is 28.6 Å². The van der Waals surface area contributed by atoms with Gasteiger partial charge in [-0.3, -0.25) is 4.79 Å². The van der Waals surface area contributed by atoms with Gasteiger partial charge in [0.2, 0.25) is 0 Å². The van der Waals surface area contributed by atoms with Crippen LogP contribution in [0.3, 0.4) is 0 Å². The molecule has 1 amide bonds. The van der Waals surface area contributed by atoms with Crippen LogP contribution in [-0.2, 0) is 21.4 Å². The number of amides is 1. The second-order valence-electron chi connectivity index (χ2n) is 7.10. The predicted molar refractivity (Wildman–Crippen MR) is 129 cm³/mol. The fourth-order valence-corrected chi connectivity index (χ4v) is 8.65. The van der Waals surface area contributed by atoms with Crippen molar-refractivity contribution in [2.24, 2.45) is 4.99 Å². The molecule has 0 N–H and O–H groups in total. The van der Waals surface area contributed by atoms with Crippen molar-refractivity contribution in [2.45, 2.75) is 47.9 Å². The molecule has 0 aliphatic carbocycles. The van der Waals surface area contributed by atoms with Crippen molar-refractivity contribution in [2.75, 3.05) is 12.8 Å². The molecular weight excluding hydrogens is 494 g/mol. The molecule has 1 unspecified atom stereocenters. The van der Waals surface area contributed by atoms with Gasteiger partial charge in [-0.2, -0.15) is 9.30 Å². The number of carbonyl (C=O) groups is 1. The number of hydrogen-bond acceptors (Lipinski definition) is 6. The van der Waals surface area contributed by atoms with Crippen LogP contribution < -0.4 is 4.80 Å². The first kappa shape index (κ1) is 23.0. The first-order valence-corrected chi connectivity index (χ1v) is 14.6. The molecule has 31 heavy (non-hydrogen) atoms. The van der Waals surface area contributed by atoms with Crippen molar-refractivity contribution >= 4 is 72.2 Å². The first-order valence-electron chi connectivity index (χ1n) is 9.88. The lowest BCUT2D eigenvalue weighted by Crippen LogP contribution is -2.47. The lowest BCUT2D eigenvalue weighted by molar-refractivity contribution is -0.122. The Morgan fingerprint density at radius 3 is 2.74 bits per heavy atom.